The first-order chi connectivity index (χ1) is 11.1. The van der Waals surface area contributed by atoms with Gasteiger partial charge in [0, 0.05) is 13.1 Å². The molecule has 0 unspecified atom stereocenters. The molecule has 0 spiro atoms. The summed E-state index contributed by atoms with van der Waals surface area (Å²) in [7, 11) is 0. The third-order valence-corrected chi connectivity index (χ3v) is 3.87. The van der Waals surface area contributed by atoms with Crippen LogP contribution in [0, 0.1) is 5.92 Å². The van der Waals surface area contributed by atoms with E-state index in [1.165, 1.54) is 0 Å². The standard InChI is InChI=1S/C18H26N2O3/c1-14(2)12-16(18(22)20-10-6-7-11-20)19-17(21)13-23-15-8-4-3-5-9-15/h3-5,8-9,14,16H,6-7,10-13H2,1-2H3,(H,19,21)/t16-/m0/s1. The molecule has 1 fully saturated rings. The molecule has 1 saturated heterocycles. The summed E-state index contributed by atoms with van der Waals surface area (Å²) in [5.41, 5.74) is 0. The van der Waals surface area contributed by atoms with E-state index in [-0.39, 0.29) is 18.4 Å². The molecule has 0 aliphatic carbocycles. The minimum absolute atomic E-state index is 0.0317. The van der Waals surface area contributed by atoms with Crippen LogP contribution in [-0.4, -0.2) is 42.5 Å². The number of likely N-dealkylation sites (tertiary alicyclic amines) is 1. The second-order valence-electron chi connectivity index (χ2n) is 6.38. The first-order valence-corrected chi connectivity index (χ1v) is 8.32. The van der Waals surface area contributed by atoms with Crippen LogP contribution in [0.1, 0.15) is 33.1 Å². The summed E-state index contributed by atoms with van der Waals surface area (Å²) in [6.07, 6.45) is 2.74. The SMILES string of the molecule is CC(C)C[C@H](NC(=O)COc1ccccc1)C(=O)N1CCCC1. The summed E-state index contributed by atoms with van der Waals surface area (Å²) in [4.78, 5) is 26.5. The number of carbonyl (C=O) groups excluding carboxylic acids is 2. The van der Waals surface area contributed by atoms with Crippen molar-refractivity contribution < 1.29 is 14.3 Å². The van der Waals surface area contributed by atoms with Crippen LogP contribution >= 0.6 is 0 Å². The van der Waals surface area contributed by atoms with Gasteiger partial charge in [0.25, 0.3) is 5.91 Å². The quantitative estimate of drug-likeness (QED) is 0.838. The zero-order valence-corrected chi connectivity index (χ0v) is 14.0. The van der Waals surface area contributed by atoms with E-state index >= 15 is 0 Å². The molecule has 2 amide bonds. The maximum Gasteiger partial charge on any atom is 0.258 e. The van der Waals surface area contributed by atoms with Gasteiger partial charge in [-0.1, -0.05) is 32.0 Å². The maximum absolute atomic E-state index is 12.6. The van der Waals surface area contributed by atoms with E-state index in [0.717, 1.165) is 25.9 Å². The second-order valence-corrected chi connectivity index (χ2v) is 6.38. The number of para-hydroxylation sites is 1. The van der Waals surface area contributed by atoms with Crippen molar-refractivity contribution in [2.45, 2.75) is 39.2 Å². The molecule has 1 aromatic rings. The zero-order chi connectivity index (χ0) is 16.7. The molecule has 1 atom stereocenters. The molecule has 1 aliphatic rings. The van der Waals surface area contributed by atoms with Gasteiger partial charge in [-0.05, 0) is 37.3 Å². The Balaban J connectivity index is 1.88. The van der Waals surface area contributed by atoms with Gasteiger partial charge in [0.05, 0.1) is 0 Å². The van der Waals surface area contributed by atoms with E-state index in [2.05, 4.69) is 19.2 Å². The molecule has 1 aromatic carbocycles. The minimum Gasteiger partial charge on any atom is -0.484 e. The lowest BCUT2D eigenvalue weighted by atomic mass is 10.0. The third kappa shape index (κ3) is 5.58. The highest BCUT2D eigenvalue weighted by molar-refractivity contribution is 5.88. The van der Waals surface area contributed by atoms with Crippen molar-refractivity contribution in [3.8, 4) is 5.75 Å². The molecule has 126 valence electrons. The molecular weight excluding hydrogens is 292 g/mol. The van der Waals surface area contributed by atoms with Crippen LogP contribution in [-0.2, 0) is 9.59 Å². The van der Waals surface area contributed by atoms with E-state index in [0.29, 0.717) is 18.1 Å². The Morgan fingerprint density at radius 3 is 2.43 bits per heavy atom. The fourth-order valence-electron chi connectivity index (χ4n) is 2.75. The van der Waals surface area contributed by atoms with E-state index in [1.54, 1.807) is 12.1 Å². The van der Waals surface area contributed by atoms with Crippen molar-refractivity contribution in [1.82, 2.24) is 10.2 Å². The summed E-state index contributed by atoms with van der Waals surface area (Å²) in [6, 6.07) is 8.74. The highest BCUT2D eigenvalue weighted by Gasteiger charge is 2.28. The largest absolute Gasteiger partial charge is 0.484 e. The number of ether oxygens (including phenoxy) is 1. The normalized spacial score (nSPS) is 15.5. The van der Waals surface area contributed by atoms with Crippen LogP contribution in [0.25, 0.3) is 0 Å². The molecule has 0 radical (unpaired) electrons. The number of rotatable bonds is 7. The number of hydrogen-bond donors (Lipinski definition) is 1. The van der Waals surface area contributed by atoms with Crippen LogP contribution in [0.4, 0.5) is 0 Å². The molecule has 0 saturated carbocycles. The van der Waals surface area contributed by atoms with Gasteiger partial charge in [-0.3, -0.25) is 9.59 Å². The molecule has 0 bridgehead atoms. The Hall–Kier alpha value is -2.04. The first-order valence-electron chi connectivity index (χ1n) is 8.32. The highest BCUT2D eigenvalue weighted by atomic mass is 16.5. The van der Waals surface area contributed by atoms with Crippen molar-refractivity contribution in [2.75, 3.05) is 19.7 Å². The van der Waals surface area contributed by atoms with Gasteiger partial charge in [-0.25, -0.2) is 0 Å². The molecular formula is C18H26N2O3. The lowest BCUT2D eigenvalue weighted by Crippen LogP contribution is -2.49. The van der Waals surface area contributed by atoms with Crippen molar-refractivity contribution in [2.24, 2.45) is 5.92 Å². The van der Waals surface area contributed by atoms with Crippen molar-refractivity contribution in [1.29, 1.82) is 0 Å². The lowest BCUT2D eigenvalue weighted by Gasteiger charge is -2.25. The van der Waals surface area contributed by atoms with Crippen molar-refractivity contribution >= 4 is 11.8 Å². The van der Waals surface area contributed by atoms with Crippen LogP contribution in [0.5, 0.6) is 5.75 Å². The third-order valence-electron chi connectivity index (χ3n) is 3.87. The Bertz CT molecular complexity index is 510. The average molecular weight is 318 g/mol. The number of hydrogen-bond acceptors (Lipinski definition) is 3. The number of amides is 2. The first kappa shape index (κ1) is 17.3. The topological polar surface area (TPSA) is 58.6 Å². The number of benzene rings is 1. The van der Waals surface area contributed by atoms with E-state index < -0.39 is 6.04 Å². The smallest absolute Gasteiger partial charge is 0.258 e. The van der Waals surface area contributed by atoms with Gasteiger partial charge in [-0.15, -0.1) is 0 Å². The van der Waals surface area contributed by atoms with Gasteiger partial charge in [0.2, 0.25) is 5.91 Å². The zero-order valence-electron chi connectivity index (χ0n) is 14.0. The number of nitrogens with one attached hydrogen (secondary N) is 1. The summed E-state index contributed by atoms with van der Waals surface area (Å²) in [5, 5.41) is 2.84. The highest BCUT2D eigenvalue weighted by Crippen LogP contribution is 2.14. The monoisotopic (exact) mass is 318 g/mol. The maximum atomic E-state index is 12.6. The average Bonchev–Trinajstić information content (AvgIpc) is 3.06. The van der Waals surface area contributed by atoms with E-state index in [9.17, 15) is 9.59 Å². The van der Waals surface area contributed by atoms with Gasteiger partial charge in [0.15, 0.2) is 6.61 Å². The van der Waals surface area contributed by atoms with Crippen molar-refractivity contribution in [3.63, 3.8) is 0 Å². The molecule has 0 aromatic heterocycles. The Kier molecular flexibility index (Phi) is 6.44. The molecule has 2 rings (SSSR count). The van der Waals surface area contributed by atoms with E-state index in [1.807, 2.05) is 23.1 Å². The number of nitrogens with zero attached hydrogens (tertiary/aromatic N) is 1. The second kappa shape index (κ2) is 8.56. The Morgan fingerprint density at radius 2 is 1.83 bits per heavy atom. The fourth-order valence-corrected chi connectivity index (χ4v) is 2.75. The van der Waals surface area contributed by atoms with Gasteiger partial charge in [-0.2, -0.15) is 0 Å². The van der Waals surface area contributed by atoms with Crippen LogP contribution in [0.3, 0.4) is 0 Å². The minimum atomic E-state index is -0.458. The molecule has 1 heterocycles. The molecule has 1 aliphatic heterocycles. The van der Waals surface area contributed by atoms with E-state index in [4.69, 9.17) is 4.74 Å². The Labute approximate surface area is 138 Å². The van der Waals surface area contributed by atoms with Gasteiger partial charge in [0.1, 0.15) is 11.8 Å². The summed E-state index contributed by atoms with van der Waals surface area (Å²) < 4.78 is 5.44. The number of carbonyl (C=O) groups is 2. The summed E-state index contributed by atoms with van der Waals surface area (Å²) >= 11 is 0. The summed E-state index contributed by atoms with van der Waals surface area (Å²) in [5.74, 6) is 0.757. The molecule has 5 nitrogen and oxygen atoms in total. The molecule has 23 heavy (non-hydrogen) atoms. The predicted molar refractivity (Wildman–Crippen MR) is 89.1 cm³/mol. The summed E-state index contributed by atoms with van der Waals surface area (Å²) in [6.45, 7) is 5.62. The molecule has 1 N–H and O–H groups in total. The van der Waals surface area contributed by atoms with Crippen LogP contribution in [0.2, 0.25) is 0 Å². The fraction of sp³-hybridized carbons (Fsp3) is 0.556. The van der Waals surface area contributed by atoms with Crippen molar-refractivity contribution in [3.05, 3.63) is 30.3 Å². The Morgan fingerprint density at radius 1 is 1.17 bits per heavy atom. The van der Waals surface area contributed by atoms with Gasteiger partial charge >= 0.3 is 0 Å². The van der Waals surface area contributed by atoms with Crippen LogP contribution in [0.15, 0.2) is 30.3 Å². The molecule has 5 heteroatoms. The van der Waals surface area contributed by atoms with Crippen LogP contribution < -0.4 is 10.1 Å². The predicted octanol–water partition coefficient (Wildman–Crippen LogP) is 2.22. The van der Waals surface area contributed by atoms with Gasteiger partial charge < -0.3 is 15.0 Å². The lowest BCUT2D eigenvalue weighted by molar-refractivity contribution is -0.136.